The normalized spacial score (nSPS) is 11.4. The second kappa shape index (κ2) is 9.40. The average molecular weight is 538 g/mol. The van der Waals surface area contributed by atoms with Gasteiger partial charge in [-0.1, -0.05) is 30.3 Å². The largest absolute Gasteiger partial charge is 0.512 e. The van der Waals surface area contributed by atoms with Crippen molar-refractivity contribution < 1.29 is 31.4 Å². The van der Waals surface area contributed by atoms with Crippen LogP contribution in [0.4, 0.5) is 0 Å². The molecule has 3 aromatic rings. The summed E-state index contributed by atoms with van der Waals surface area (Å²) in [6.07, 6.45) is 4.17. The molecule has 0 saturated heterocycles. The summed E-state index contributed by atoms with van der Waals surface area (Å²) in [5.41, 5.74) is 7.43. The molecule has 0 amide bonds. The number of hydrogen-bond acceptors (Lipinski definition) is 3. The van der Waals surface area contributed by atoms with Gasteiger partial charge in [-0.25, -0.2) is 0 Å². The number of carbonyl (C=O) groups excluding carboxylic acids is 1. The molecule has 1 aliphatic carbocycles. The van der Waals surface area contributed by atoms with Crippen molar-refractivity contribution in [2.75, 3.05) is 0 Å². The van der Waals surface area contributed by atoms with E-state index < -0.39 is 0 Å². The van der Waals surface area contributed by atoms with E-state index in [-0.39, 0.29) is 33.1 Å². The number of pyridine rings is 1. The zero-order valence-corrected chi connectivity index (χ0v) is 17.6. The van der Waals surface area contributed by atoms with Gasteiger partial charge in [0.05, 0.1) is 5.76 Å². The molecule has 1 radical (unpaired) electrons. The van der Waals surface area contributed by atoms with E-state index in [2.05, 4.69) is 47.4 Å². The van der Waals surface area contributed by atoms with E-state index in [9.17, 15) is 4.79 Å². The SMILES string of the molecule is CC(=O)C=C(C)O.[2HH].[Ir].[c-]1ccccc1-c1cc2c(cn1)Cc1ccccc1-2. The van der Waals surface area contributed by atoms with Gasteiger partial charge in [0.25, 0.3) is 0 Å². The first-order valence-corrected chi connectivity index (χ1v) is 8.46. The summed E-state index contributed by atoms with van der Waals surface area (Å²) in [4.78, 5) is 14.6. The molecule has 1 N–H and O–H groups in total. The van der Waals surface area contributed by atoms with Crippen LogP contribution >= 0.6 is 0 Å². The Bertz CT molecular complexity index is 967. The van der Waals surface area contributed by atoms with Gasteiger partial charge in [0.1, 0.15) is 0 Å². The second-order valence-corrected chi connectivity index (χ2v) is 6.23. The smallest absolute Gasteiger partial charge is 0.155 e. The van der Waals surface area contributed by atoms with E-state index in [1.807, 2.05) is 24.4 Å². The van der Waals surface area contributed by atoms with Crippen LogP contribution in [0.1, 0.15) is 26.4 Å². The fourth-order valence-electron chi connectivity index (χ4n) is 3.01. The molecule has 0 unspecified atom stereocenters. The number of carbonyl (C=O) groups is 1. The van der Waals surface area contributed by atoms with Crippen molar-refractivity contribution in [2.24, 2.45) is 0 Å². The van der Waals surface area contributed by atoms with Gasteiger partial charge in [0.15, 0.2) is 5.78 Å². The summed E-state index contributed by atoms with van der Waals surface area (Å²) in [6, 6.07) is 22.0. The van der Waals surface area contributed by atoms with Gasteiger partial charge >= 0.3 is 0 Å². The van der Waals surface area contributed by atoms with Crippen molar-refractivity contribution in [3.8, 4) is 22.4 Å². The van der Waals surface area contributed by atoms with Crippen LogP contribution in [0.25, 0.3) is 22.4 Å². The van der Waals surface area contributed by atoms with Crippen molar-refractivity contribution in [1.29, 1.82) is 0 Å². The van der Waals surface area contributed by atoms with Gasteiger partial charge < -0.3 is 10.1 Å². The minimum atomic E-state index is -0.125. The maximum absolute atomic E-state index is 10.0. The van der Waals surface area contributed by atoms with Crippen LogP contribution < -0.4 is 0 Å². The molecule has 0 saturated carbocycles. The Labute approximate surface area is 174 Å². The topological polar surface area (TPSA) is 50.2 Å². The maximum Gasteiger partial charge on any atom is 0.155 e. The summed E-state index contributed by atoms with van der Waals surface area (Å²) in [7, 11) is 0. The van der Waals surface area contributed by atoms with E-state index in [0.717, 1.165) is 17.7 Å². The molecule has 4 heteroatoms. The molecule has 4 rings (SSSR count). The minimum absolute atomic E-state index is 0. The minimum Gasteiger partial charge on any atom is -0.512 e. The zero-order chi connectivity index (χ0) is 18.5. The number of nitrogens with zero attached hydrogens (tertiary/aromatic N) is 1. The number of ketones is 1. The molecule has 0 spiro atoms. The van der Waals surface area contributed by atoms with Crippen LogP contribution in [0.3, 0.4) is 0 Å². The molecule has 1 aliphatic rings. The van der Waals surface area contributed by atoms with Crippen LogP contribution in [0.15, 0.2) is 72.6 Å². The van der Waals surface area contributed by atoms with Gasteiger partial charge in [-0.3, -0.25) is 4.79 Å². The molecule has 0 fully saturated rings. The number of aliphatic hydroxyl groups is 1. The average Bonchev–Trinajstić information content (AvgIpc) is 3.00. The van der Waals surface area contributed by atoms with Crippen molar-refractivity contribution in [2.45, 2.75) is 20.3 Å². The van der Waals surface area contributed by atoms with Crippen molar-refractivity contribution in [1.82, 2.24) is 4.98 Å². The predicted molar refractivity (Wildman–Crippen MR) is 106 cm³/mol. The molecule has 1 heterocycles. The van der Waals surface area contributed by atoms with Gasteiger partial charge in [0, 0.05) is 40.2 Å². The van der Waals surface area contributed by atoms with Crippen LogP contribution in [0.5, 0.6) is 0 Å². The first-order chi connectivity index (χ1) is 12.5. The Kier molecular flexibility index (Phi) is 7.23. The van der Waals surface area contributed by atoms with Gasteiger partial charge in [-0.2, -0.15) is 0 Å². The first-order valence-electron chi connectivity index (χ1n) is 8.46. The summed E-state index contributed by atoms with van der Waals surface area (Å²) in [5, 5.41) is 8.36. The van der Waals surface area contributed by atoms with Gasteiger partial charge in [0.2, 0.25) is 0 Å². The molecule has 2 aromatic carbocycles. The first kappa shape index (κ1) is 20.8. The molecular formula is C23H22IrNO2-. The summed E-state index contributed by atoms with van der Waals surface area (Å²) < 4.78 is 0. The van der Waals surface area contributed by atoms with E-state index >= 15 is 0 Å². The third-order valence-electron chi connectivity index (χ3n) is 4.07. The number of aromatic nitrogens is 1. The number of hydrogen-bond donors (Lipinski definition) is 1. The standard InChI is InChI=1S/C18H12N.C5H8O2.Ir.H2/c1-2-6-13(7-3-1)18-11-17-15(12-19-18)10-14-8-4-5-9-16(14)17;1-4(6)3-5(2)7;;/h1-6,8-9,11-12H,10H2;3,6H,1-2H3;;1H/q-1;;;/i;;;1+1. The molecule has 3 nitrogen and oxygen atoms in total. The van der Waals surface area contributed by atoms with E-state index in [1.54, 1.807) is 0 Å². The molecule has 0 bridgehead atoms. The molecule has 141 valence electrons. The number of allylic oxidation sites excluding steroid dienone is 2. The predicted octanol–water partition coefficient (Wildman–Crippen LogP) is 5.40. The zero-order valence-electron chi connectivity index (χ0n) is 15.2. The Balaban J connectivity index is 0.000000382. The summed E-state index contributed by atoms with van der Waals surface area (Å²) in [5.74, 6) is -0.0625. The van der Waals surface area contributed by atoms with Crippen molar-refractivity contribution in [3.05, 3.63) is 89.8 Å². The molecule has 1 aromatic heterocycles. The van der Waals surface area contributed by atoms with Crippen molar-refractivity contribution >= 4 is 5.78 Å². The number of benzene rings is 2. The maximum atomic E-state index is 10.0. The van der Waals surface area contributed by atoms with E-state index in [4.69, 9.17) is 5.11 Å². The van der Waals surface area contributed by atoms with Crippen LogP contribution in [0.2, 0.25) is 0 Å². The Hall–Kier alpha value is -2.55. The Morgan fingerprint density at radius 2 is 1.85 bits per heavy atom. The van der Waals surface area contributed by atoms with E-state index in [0.29, 0.717) is 0 Å². The number of aliphatic hydroxyl groups excluding tert-OH is 1. The molecular weight excluding hydrogens is 514 g/mol. The van der Waals surface area contributed by atoms with Gasteiger partial charge in [-0.15, -0.1) is 35.9 Å². The van der Waals surface area contributed by atoms with Crippen molar-refractivity contribution in [3.63, 3.8) is 0 Å². The Morgan fingerprint density at radius 3 is 2.48 bits per heavy atom. The van der Waals surface area contributed by atoms with Crippen LogP contribution in [0, 0.1) is 6.07 Å². The van der Waals surface area contributed by atoms with Crippen LogP contribution in [-0.4, -0.2) is 15.9 Å². The van der Waals surface area contributed by atoms with Crippen LogP contribution in [-0.2, 0) is 31.3 Å². The fraction of sp³-hybridized carbons (Fsp3) is 0.130. The Morgan fingerprint density at radius 1 is 1.11 bits per heavy atom. The molecule has 0 aliphatic heterocycles. The third kappa shape index (κ3) is 5.22. The van der Waals surface area contributed by atoms with Gasteiger partial charge in [-0.05, 0) is 41.8 Å². The molecule has 27 heavy (non-hydrogen) atoms. The summed E-state index contributed by atoms with van der Waals surface area (Å²) in [6.45, 7) is 2.85. The quantitative estimate of drug-likeness (QED) is 0.212. The fourth-order valence-corrected chi connectivity index (χ4v) is 3.01. The monoisotopic (exact) mass is 538 g/mol. The second-order valence-electron chi connectivity index (χ2n) is 6.23. The summed E-state index contributed by atoms with van der Waals surface area (Å²) >= 11 is 0. The third-order valence-corrected chi connectivity index (χ3v) is 4.07. The number of fused-ring (bicyclic) bond motifs is 3. The number of rotatable bonds is 2. The van der Waals surface area contributed by atoms with E-state index in [1.165, 1.54) is 42.2 Å². The molecule has 0 atom stereocenters.